The minimum absolute atomic E-state index is 0.0967. The number of aromatic amines is 2. The van der Waals surface area contributed by atoms with Crippen LogP contribution in [0, 0.1) is 6.92 Å². The van der Waals surface area contributed by atoms with Gasteiger partial charge in [-0.1, -0.05) is 0 Å². The summed E-state index contributed by atoms with van der Waals surface area (Å²) >= 11 is 0. The lowest BCUT2D eigenvalue weighted by Crippen LogP contribution is -2.39. The standard InChI is InChI=1S/C18H18N4O3/c1-10-19-16-9-22(6-5-13(16)17(23)20-10)18(24)15-7-11-3-4-12(25-2)8-14(11)21-15/h3-4,7-8,21H,5-6,9H2,1-2H3,(H,19,20,23). The Balaban J connectivity index is 1.64. The maximum atomic E-state index is 12.9. The molecule has 4 rings (SSSR count). The third kappa shape index (κ3) is 2.67. The van der Waals surface area contributed by atoms with Gasteiger partial charge < -0.3 is 19.6 Å². The predicted octanol–water partition coefficient (Wildman–Crippen LogP) is 1.77. The molecule has 3 heterocycles. The molecule has 1 aliphatic heterocycles. The molecule has 3 aromatic rings. The molecule has 7 nitrogen and oxygen atoms in total. The lowest BCUT2D eigenvalue weighted by molar-refractivity contribution is 0.0726. The number of carbonyl (C=O) groups is 1. The van der Waals surface area contributed by atoms with Crippen LogP contribution in [0.5, 0.6) is 5.75 Å². The Morgan fingerprint density at radius 1 is 1.28 bits per heavy atom. The number of carbonyl (C=O) groups excluding carboxylic acids is 1. The topological polar surface area (TPSA) is 91.1 Å². The van der Waals surface area contributed by atoms with E-state index in [9.17, 15) is 9.59 Å². The quantitative estimate of drug-likeness (QED) is 0.745. The van der Waals surface area contributed by atoms with Crippen LogP contribution in [0.15, 0.2) is 29.1 Å². The highest BCUT2D eigenvalue weighted by atomic mass is 16.5. The summed E-state index contributed by atoms with van der Waals surface area (Å²) in [6, 6.07) is 7.48. The van der Waals surface area contributed by atoms with Crippen LogP contribution >= 0.6 is 0 Å². The lowest BCUT2D eigenvalue weighted by atomic mass is 10.1. The molecule has 2 aromatic heterocycles. The van der Waals surface area contributed by atoms with Crippen molar-refractivity contribution in [3.05, 3.63) is 57.4 Å². The minimum Gasteiger partial charge on any atom is -0.497 e. The average Bonchev–Trinajstić information content (AvgIpc) is 3.03. The van der Waals surface area contributed by atoms with Gasteiger partial charge in [0.15, 0.2) is 0 Å². The van der Waals surface area contributed by atoms with Crippen molar-refractivity contribution in [2.75, 3.05) is 13.7 Å². The molecule has 0 unspecified atom stereocenters. The fourth-order valence-corrected chi connectivity index (χ4v) is 3.26. The van der Waals surface area contributed by atoms with Crippen LogP contribution in [0.25, 0.3) is 10.9 Å². The zero-order valence-corrected chi connectivity index (χ0v) is 14.0. The van der Waals surface area contributed by atoms with E-state index < -0.39 is 0 Å². The van der Waals surface area contributed by atoms with E-state index in [0.29, 0.717) is 42.3 Å². The Morgan fingerprint density at radius 2 is 2.12 bits per heavy atom. The summed E-state index contributed by atoms with van der Waals surface area (Å²) < 4.78 is 5.21. The van der Waals surface area contributed by atoms with Gasteiger partial charge in [0.25, 0.3) is 11.5 Å². The van der Waals surface area contributed by atoms with E-state index in [1.165, 1.54) is 0 Å². The van der Waals surface area contributed by atoms with Crippen LogP contribution < -0.4 is 10.3 Å². The maximum absolute atomic E-state index is 12.9. The Morgan fingerprint density at radius 3 is 2.92 bits per heavy atom. The van der Waals surface area contributed by atoms with Gasteiger partial charge in [-0.05, 0) is 31.5 Å². The van der Waals surface area contributed by atoms with E-state index in [2.05, 4.69) is 15.0 Å². The van der Waals surface area contributed by atoms with Gasteiger partial charge in [0, 0.05) is 29.1 Å². The van der Waals surface area contributed by atoms with Gasteiger partial charge in [0.2, 0.25) is 0 Å². The zero-order valence-electron chi connectivity index (χ0n) is 14.0. The molecule has 128 valence electrons. The Labute approximate surface area is 143 Å². The van der Waals surface area contributed by atoms with Crippen molar-refractivity contribution in [2.24, 2.45) is 0 Å². The number of fused-ring (bicyclic) bond motifs is 2. The highest BCUT2D eigenvalue weighted by Crippen LogP contribution is 2.23. The molecule has 0 spiro atoms. The fourth-order valence-electron chi connectivity index (χ4n) is 3.26. The van der Waals surface area contributed by atoms with Gasteiger partial charge in [-0.3, -0.25) is 9.59 Å². The molecular weight excluding hydrogens is 320 g/mol. The smallest absolute Gasteiger partial charge is 0.270 e. The highest BCUT2D eigenvalue weighted by molar-refractivity contribution is 5.98. The second-order valence-corrected chi connectivity index (χ2v) is 6.19. The first-order valence-electron chi connectivity index (χ1n) is 8.10. The summed E-state index contributed by atoms with van der Waals surface area (Å²) in [6.07, 6.45) is 0.512. The lowest BCUT2D eigenvalue weighted by Gasteiger charge is -2.27. The first-order chi connectivity index (χ1) is 12.0. The number of rotatable bonds is 2. The van der Waals surface area contributed by atoms with Crippen molar-refractivity contribution in [2.45, 2.75) is 19.9 Å². The molecule has 0 bridgehead atoms. The van der Waals surface area contributed by atoms with E-state index in [1.54, 1.807) is 18.9 Å². The molecule has 1 aliphatic rings. The number of aryl methyl sites for hydroxylation is 1. The number of amides is 1. The number of nitrogens with zero attached hydrogens (tertiary/aromatic N) is 2. The second-order valence-electron chi connectivity index (χ2n) is 6.19. The summed E-state index contributed by atoms with van der Waals surface area (Å²) in [6.45, 7) is 2.59. The first kappa shape index (κ1) is 15.4. The Kier molecular flexibility index (Phi) is 3.56. The van der Waals surface area contributed by atoms with Crippen LogP contribution in [-0.4, -0.2) is 39.4 Å². The number of aromatic nitrogens is 3. The molecule has 0 radical (unpaired) electrons. The van der Waals surface area contributed by atoms with Crippen molar-refractivity contribution in [1.29, 1.82) is 0 Å². The van der Waals surface area contributed by atoms with Crippen molar-refractivity contribution in [1.82, 2.24) is 19.9 Å². The number of nitrogens with one attached hydrogen (secondary N) is 2. The van der Waals surface area contributed by atoms with Gasteiger partial charge in [-0.15, -0.1) is 0 Å². The van der Waals surface area contributed by atoms with Crippen LogP contribution in [0.3, 0.4) is 0 Å². The van der Waals surface area contributed by atoms with Gasteiger partial charge in [0.05, 0.1) is 19.3 Å². The summed E-state index contributed by atoms with van der Waals surface area (Å²) in [5.41, 5.74) is 2.63. The molecule has 7 heteroatoms. The number of hydrogen-bond donors (Lipinski definition) is 2. The Bertz CT molecular complexity index is 1030. The van der Waals surface area contributed by atoms with E-state index >= 15 is 0 Å². The third-order valence-electron chi connectivity index (χ3n) is 4.54. The minimum atomic E-state index is -0.104. The summed E-state index contributed by atoms with van der Waals surface area (Å²) in [5.74, 6) is 1.20. The summed E-state index contributed by atoms with van der Waals surface area (Å²) in [5, 5.41) is 0.951. The largest absolute Gasteiger partial charge is 0.497 e. The van der Waals surface area contributed by atoms with Crippen LogP contribution in [-0.2, 0) is 13.0 Å². The molecule has 2 N–H and O–H groups in total. The summed E-state index contributed by atoms with van der Waals surface area (Å²) in [7, 11) is 1.61. The predicted molar refractivity (Wildman–Crippen MR) is 92.9 cm³/mol. The fraction of sp³-hybridized carbons (Fsp3) is 0.278. The Hall–Kier alpha value is -3.09. The van der Waals surface area contributed by atoms with E-state index in [0.717, 1.165) is 16.7 Å². The molecular formula is C18H18N4O3. The van der Waals surface area contributed by atoms with E-state index in [-0.39, 0.29) is 11.5 Å². The first-order valence-corrected chi connectivity index (χ1v) is 8.10. The number of ether oxygens (including phenoxy) is 1. The number of hydrogen-bond acceptors (Lipinski definition) is 4. The molecule has 1 amide bonds. The molecule has 0 atom stereocenters. The van der Waals surface area contributed by atoms with Gasteiger partial charge >= 0.3 is 0 Å². The number of H-pyrrole nitrogens is 2. The van der Waals surface area contributed by atoms with Crippen LogP contribution in [0.1, 0.15) is 27.6 Å². The molecule has 0 aliphatic carbocycles. The normalized spacial score (nSPS) is 13.8. The molecule has 25 heavy (non-hydrogen) atoms. The molecule has 0 saturated carbocycles. The van der Waals surface area contributed by atoms with Crippen molar-refractivity contribution in [3.8, 4) is 5.75 Å². The zero-order chi connectivity index (χ0) is 17.6. The maximum Gasteiger partial charge on any atom is 0.270 e. The monoisotopic (exact) mass is 338 g/mol. The van der Waals surface area contributed by atoms with E-state index in [4.69, 9.17) is 4.74 Å². The summed E-state index contributed by atoms with van der Waals surface area (Å²) in [4.78, 5) is 36.8. The molecule has 1 aromatic carbocycles. The average molecular weight is 338 g/mol. The van der Waals surface area contributed by atoms with Gasteiger partial charge in [-0.2, -0.15) is 0 Å². The SMILES string of the molecule is COc1ccc2cc(C(=O)N3CCc4c(nc(C)[nH]c4=O)C3)[nH]c2c1. The van der Waals surface area contributed by atoms with Crippen LogP contribution in [0.2, 0.25) is 0 Å². The van der Waals surface area contributed by atoms with Gasteiger partial charge in [-0.25, -0.2) is 4.98 Å². The van der Waals surface area contributed by atoms with Crippen molar-refractivity contribution < 1.29 is 9.53 Å². The highest BCUT2D eigenvalue weighted by Gasteiger charge is 2.25. The number of benzene rings is 1. The van der Waals surface area contributed by atoms with Gasteiger partial charge in [0.1, 0.15) is 17.3 Å². The van der Waals surface area contributed by atoms with Crippen molar-refractivity contribution in [3.63, 3.8) is 0 Å². The number of methoxy groups -OCH3 is 1. The molecule has 0 saturated heterocycles. The van der Waals surface area contributed by atoms with Crippen molar-refractivity contribution >= 4 is 16.8 Å². The third-order valence-corrected chi connectivity index (χ3v) is 4.54. The van der Waals surface area contributed by atoms with Crippen LogP contribution in [0.4, 0.5) is 0 Å². The second kappa shape index (κ2) is 5.77. The van der Waals surface area contributed by atoms with E-state index in [1.807, 2.05) is 24.3 Å². The molecule has 0 fully saturated rings.